The zero-order valence-electron chi connectivity index (χ0n) is 12.6. The van der Waals surface area contributed by atoms with E-state index in [1.807, 2.05) is 12.1 Å². The standard InChI is InChI=1S/C19H18O2/c1-19(2,3)11-12-7-6-10-15-16(12)18(21)14-9-5-4-8-13(14)17(15)20/h4-10H,11H2,1-3H3. The summed E-state index contributed by atoms with van der Waals surface area (Å²) in [6.07, 6.45) is 0.775. The third kappa shape index (κ3) is 2.31. The molecule has 0 saturated carbocycles. The van der Waals surface area contributed by atoms with Crippen LogP contribution >= 0.6 is 0 Å². The van der Waals surface area contributed by atoms with Gasteiger partial charge in [-0.1, -0.05) is 63.2 Å². The average molecular weight is 278 g/mol. The van der Waals surface area contributed by atoms with E-state index in [0.29, 0.717) is 22.3 Å². The monoisotopic (exact) mass is 278 g/mol. The van der Waals surface area contributed by atoms with Gasteiger partial charge in [-0.15, -0.1) is 0 Å². The number of carbonyl (C=O) groups is 2. The van der Waals surface area contributed by atoms with E-state index in [2.05, 4.69) is 20.8 Å². The number of fused-ring (bicyclic) bond motifs is 2. The molecule has 21 heavy (non-hydrogen) atoms. The van der Waals surface area contributed by atoms with Crippen molar-refractivity contribution in [2.24, 2.45) is 5.41 Å². The molecule has 2 nitrogen and oxygen atoms in total. The summed E-state index contributed by atoms with van der Waals surface area (Å²) in [5, 5.41) is 0. The topological polar surface area (TPSA) is 34.1 Å². The number of hydrogen-bond donors (Lipinski definition) is 0. The lowest BCUT2D eigenvalue weighted by atomic mass is 9.78. The number of rotatable bonds is 1. The van der Waals surface area contributed by atoms with Gasteiger partial charge in [-0.05, 0) is 17.4 Å². The highest BCUT2D eigenvalue weighted by atomic mass is 16.1. The maximum absolute atomic E-state index is 12.8. The molecule has 106 valence electrons. The summed E-state index contributed by atoms with van der Waals surface area (Å²) in [6.45, 7) is 6.40. The van der Waals surface area contributed by atoms with E-state index in [9.17, 15) is 9.59 Å². The predicted molar refractivity (Wildman–Crippen MR) is 82.9 cm³/mol. The molecule has 0 fully saturated rings. The minimum atomic E-state index is -0.0454. The Morgan fingerprint density at radius 3 is 1.95 bits per heavy atom. The van der Waals surface area contributed by atoms with Crippen molar-refractivity contribution in [3.8, 4) is 0 Å². The van der Waals surface area contributed by atoms with E-state index in [1.165, 1.54) is 0 Å². The first-order valence-electron chi connectivity index (χ1n) is 7.19. The van der Waals surface area contributed by atoms with Crippen LogP contribution in [0.1, 0.15) is 58.2 Å². The van der Waals surface area contributed by atoms with Crippen molar-refractivity contribution in [3.05, 3.63) is 70.3 Å². The van der Waals surface area contributed by atoms with Gasteiger partial charge in [0, 0.05) is 22.3 Å². The molecule has 1 aliphatic rings. The Kier molecular flexibility index (Phi) is 3.05. The third-order valence-corrected chi connectivity index (χ3v) is 3.76. The lowest BCUT2D eigenvalue weighted by Gasteiger charge is -2.24. The number of carbonyl (C=O) groups excluding carboxylic acids is 2. The van der Waals surface area contributed by atoms with E-state index in [0.717, 1.165) is 12.0 Å². The van der Waals surface area contributed by atoms with Gasteiger partial charge >= 0.3 is 0 Å². The highest BCUT2D eigenvalue weighted by molar-refractivity contribution is 6.28. The Bertz CT molecular complexity index is 748. The third-order valence-electron chi connectivity index (χ3n) is 3.76. The van der Waals surface area contributed by atoms with E-state index in [4.69, 9.17) is 0 Å². The summed E-state index contributed by atoms with van der Waals surface area (Å²) in [5.74, 6) is -0.0731. The van der Waals surface area contributed by atoms with Crippen LogP contribution in [0.3, 0.4) is 0 Å². The second kappa shape index (κ2) is 4.66. The average Bonchev–Trinajstić information content (AvgIpc) is 2.43. The van der Waals surface area contributed by atoms with Crippen LogP contribution in [0.15, 0.2) is 42.5 Å². The molecule has 0 radical (unpaired) electrons. The van der Waals surface area contributed by atoms with Crippen LogP contribution in [0, 0.1) is 5.41 Å². The van der Waals surface area contributed by atoms with Gasteiger partial charge in [-0.3, -0.25) is 9.59 Å². The van der Waals surface area contributed by atoms with Gasteiger partial charge in [0.25, 0.3) is 0 Å². The lowest BCUT2D eigenvalue weighted by Crippen LogP contribution is -2.24. The van der Waals surface area contributed by atoms with Crippen LogP contribution in [0.2, 0.25) is 0 Å². The van der Waals surface area contributed by atoms with Gasteiger partial charge < -0.3 is 0 Å². The lowest BCUT2D eigenvalue weighted by molar-refractivity contribution is 0.0978. The SMILES string of the molecule is CC(C)(C)Cc1cccc2c1C(=O)c1ccccc1C2=O. The molecule has 0 saturated heterocycles. The van der Waals surface area contributed by atoms with Crippen LogP contribution in [-0.4, -0.2) is 11.6 Å². The van der Waals surface area contributed by atoms with E-state index < -0.39 is 0 Å². The molecule has 2 aromatic rings. The van der Waals surface area contributed by atoms with Crippen LogP contribution in [0.4, 0.5) is 0 Å². The Morgan fingerprint density at radius 1 is 0.762 bits per heavy atom. The van der Waals surface area contributed by atoms with Crippen molar-refractivity contribution >= 4 is 11.6 Å². The number of ketones is 2. The van der Waals surface area contributed by atoms with Crippen LogP contribution in [0.25, 0.3) is 0 Å². The summed E-state index contributed by atoms with van der Waals surface area (Å²) >= 11 is 0. The van der Waals surface area contributed by atoms with Crippen LogP contribution in [-0.2, 0) is 6.42 Å². The van der Waals surface area contributed by atoms with Gasteiger partial charge in [0.15, 0.2) is 11.6 Å². The molecule has 0 aromatic heterocycles. The van der Waals surface area contributed by atoms with E-state index in [-0.39, 0.29) is 17.0 Å². The predicted octanol–water partition coefficient (Wildman–Crippen LogP) is 4.05. The van der Waals surface area contributed by atoms with Crippen molar-refractivity contribution in [2.75, 3.05) is 0 Å². The molecule has 0 aliphatic heterocycles. The first-order chi connectivity index (χ1) is 9.88. The van der Waals surface area contributed by atoms with Crippen LogP contribution < -0.4 is 0 Å². The molecule has 0 spiro atoms. The molecular formula is C19H18O2. The highest BCUT2D eigenvalue weighted by Gasteiger charge is 2.31. The quantitative estimate of drug-likeness (QED) is 0.673. The first kappa shape index (κ1) is 13.7. The maximum Gasteiger partial charge on any atom is 0.194 e. The molecule has 0 bridgehead atoms. The molecule has 2 aromatic carbocycles. The van der Waals surface area contributed by atoms with Crippen molar-refractivity contribution < 1.29 is 9.59 Å². The van der Waals surface area contributed by atoms with Gasteiger partial charge in [-0.25, -0.2) is 0 Å². The van der Waals surface area contributed by atoms with Gasteiger partial charge in [0.05, 0.1) is 0 Å². The zero-order chi connectivity index (χ0) is 15.2. The minimum Gasteiger partial charge on any atom is -0.289 e. The molecule has 0 amide bonds. The van der Waals surface area contributed by atoms with Gasteiger partial charge in [0.1, 0.15) is 0 Å². The van der Waals surface area contributed by atoms with E-state index in [1.54, 1.807) is 30.3 Å². The molecule has 0 N–H and O–H groups in total. The normalized spacial score (nSPS) is 13.9. The van der Waals surface area contributed by atoms with Crippen molar-refractivity contribution in [1.82, 2.24) is 0 Å². The zero-order valence-corrected chi connectivity index (χ0v) is 12.6. The smallest absolute Gasteiger partial charge is 0.194 e. The summed E-state index contributed by atoms with van der Waals surface area (Å²) in [7, 11) is 0. The van der Waals surface area contributed by atoms with Crippen molar-refractivity contribution in [2.45, 2.75) is 27.2 Å². The highest BCUT2D eigenvalue weighted by Crippen LogP contribution is 2.32. The largest absolute Gasteiger partial charge is 0.289 e. The Morgan fingerprint density at radius 2 is 1.33 bits per heavy atom. The summed E-state index contributed by atoms with van der Waals surface area (Å²) in [4.78, 5) is 25.4. The molecule has 0 unspecified atom stereocenters. The summed E-state index contributed by atoms with van der Waals surface area (Å²) in [6, 6.07) is 12.7. The molecule has 3 rings (SSSR count). The molecule has 0 atom stereocenters. The Hall–Kier alpha value is -2.22. The maximum atomic E-state index is 12.8. The Labute approximate surface area is 124 Å². The van der Waals surface area contributed by atoms with Crippen molar-refractivity contribution in [3.63, 3.8) is 0 Å². The minimum absolute atomic E-state index is 0.0277. The molecular weight excluding hydrogens is 260 g/mol. The fourth-order valence-corrected chi connectivity index (χ4v) is 2.94. The second-order valence-corrected chi connectivity index (χ2v) is 6.78. The second-order valence-electron chi connectivity index (χ2n) is 6.78. The Balaban J connectivity index is 2.21. The molecule has 1 aliphatic carbocycles. The number of benzene rings is 2. The molecule has 0 heterocycles. The fourth-order valence-electron chi connectivity index (χ4n) is 2.94. The van der Waals surface area contributed by atoms with Crippen LogP contribution in [0.5, 0.6) is 0 Å². The van der Waals surface area contributed by atoms with Gasteiger partial charge in [0.2, 0.25) is 0 Å². The van der Waals surface area contributed by atoms with Crippen molar-refractivity contribution in [1.29, 1.82) is 0 Å². The van der Waals surface area contributed by atoms with Gasteiger partial charge in [-0.2, -0.15) is 0 Å². The fraction of sp³-hybridized carbons (Fsp3) is 0.263. The summed E-state index contributed by atoms with van der Waals surface area (Å²) in [5.41, 5.74) is 3.21. The first-order valence-corrected chi connectivity index (χ1v) is 7.19. The molecule has 2 heteroatoms. The van der Waals surface area contributed by atoms with E-state index >= 15 is 0 Å². The summed E-state index contributed by atoms with van der Waals surface area (Å²) < 4.78 is 0. The number of hydrogen-bond acceptors (Lipinski definition) is 2.